The average Bonchev–Trinajstić information content (AvgIpc) is 2.85. The number of carbonyl (C=O) groups is 1. The second kappa shape index (κ2) is 7.64. The van der Waals surface area contributed by atoms with Gasteiger partial charge in [-0.15, -0.1) is 0 Å². The molecule has 0 aliphatic carbocycles. The Hall–Kier alpha value is -0.110. The number of nitrogens with zero attached hydrogens (tertiary/aromatic N) is 4. The molecule has 3 aliphatic rings. The fourth-order valence-electron chi connectivity index (χ4n) is 3.29. The van der Waals surface area contributed by atoms with Crippen LogP contribution < -0.4 is 0 Å². The third-order valence-corrected chi connectivity index (χ3v) is 7.40. The summed E-state index contributed by atoms with van der Waals surface area (Å²) in [5.41, 5.74) is 0. The SMILES string of the molecule is CC1CCCCN1SN1CCN(SN2CCCCC2C)C1=O. The highest BCUT2D eigenvalue weighted by molar-refractivity contribution is 7.96. The lowest BCUT2D eigenvalue weighted by molar-refractivity contribution is 0.222. The monoisotopic (exact) mass is 344 g/mol. The van der Waals surface area contributed by atoms with E-state index in [1.165, 1.54) is 38.5 Å². The molecular weight excluding hydrogens is 316 g/mol. The van der Waals surface area contributed by atoms with Gasteiger partial charge in [0.15, 0.2) is 0 Å². The Morgan fingerprint density at radius 2 is 1.23 bits per heavy atom. The molecule has 0 aromatic rings. The lowest BCUT2D eigenvalue weighted by Crippen LogP contribution is -2.38. The molecule has 126 valence electrons. The van der Waals surface area contributed by atoms with E-state index >= 15 is 0 Å². The van der Waals surface area contributed by atoms with Gasteiger partial charge < -0.3 is 0 Å². The number of hydrogen-bond donors (Lipinski definition) is 0. The van der Waals surface area contributed by atoms with Crippen LogP contribution in [0.5, 0.6) is 0 Å². The summed E-state index contributed by atoms with van der Waals surface area (Å²) >= 11 is 3.31. The molecule has 22 heavy (non-hydrogen) atoms. The van der Waals surface area contributed by atoms with E-state index in [0.29, 0.717) is 12.1 Å². The summed E-state index contributed by atoms with van der Waals surface area (Å²) in [5, 5.41) is 0. The van der Waals surface area contributed by atoms with Gasteiger partial charge in [-0.3, -0.25) is 8.61 Å². The minimum Gasteiger partial charge on any atom is -0.252 e. The van der Waals surface area contributed by atoms with Crippen LogP contribution in [0.25, 0.3) is 0 Å². The van der Waals surface area contributed by atoms with Crippen LogP contribution in [0.1, 0.15) is 52.4 Å². The summed E-state index contributed by atoms with van der Waals surface area (Å²) in [6, 6.07) is 1.33. The van der Waals surface area contributed by atoms with Crippen LogP contribution in [-0.4, -0.2) is 61.5 Å². The Morgan fingerprint density at radius 1 is 0.773 bits per heavy atom. The minimum absolute atomic E-state index is 0.172. The Balaban J connectivity index is 1.51. The van der Waals surface area contributed by atoms with Crippen LogP contribution in [0, 0.1) is 0 Å². The van der Waals surface area contributed by atoms with Crippen molar-refractivity contribution in [2.45, 2.75) is 64.5 Å². The first kappa shape index (κ1) is 16.7. The number of piperidine rings is 2. The van der Waals surface area contributed by atoms with Crippen molar-refractivity contribution in [1.29, 1.82) is 0 Å². The van der Waals surface area contributed by atoms with Crippen LogP contribution in [0.4, 0.5) is 4.79 Å². The van der Waals surface area contributed by atoms with Crippen LogP contribution >= 0.6 is 24.3 Å². The van der Waals surface area contributed by atoms with Gasteiger partial charge in [0.05, 0.1) is 13.1 Å². The largest absolute Gasteiger partial charge is 0.342 e. The highest BCUT2D eigenvalue weighted by atomic mass is 32.2. The van der Waals surface area contributed by atoms with Crippen molar-refractivity contribution in [1.82, 2.24) is 17.2 Å². The minimum atomic E-state index is 0.172. The molecule has 0 aromatic heterocycles. The second-order valence-electron chi connectivity index (χ2n) is 6.62. The Bertz CT molecular complexity index is 364. The molecule has 2 unspecified atom stereocenters. The zero-order valence-corrected chi connectivity index (χ0v) is 15.4. The summed E-state index contributed by atoms with van der Waals surface area (Å²) in [6.07, 6.45) is 7.64. The summed E-state index contributed by atoms with van der Waals surface area (Å²) in [7, 11) is 0. The first-order chi connectivity index (χ1) is 10.6. The molecule has 3 saturated heterocycles. The van der Waals surface area contributed by atoms with Gasteiger partial charge in [0, 0.05) is 49.4 Å². The van der Waals surface area contributed by atoms with Crippen molar-refractivity contribution in [2.75, 3.05) is 26.2 Å². The van der Waals surface area contributed by atoms with Gasteiger partial charge in [0.2, 0.25) is 0 Å². The molecule has 3 aliphatic heterocycles. The first-order valence-corrected chi connectivity index (χ1v) is 10.1. The topological polar surface area (TPSA) is 30.0 Å². The van der Waals surface area contributed by atoms with Crippen LogP contribution in [0.2, 0.25) is 0 Å². The van der Waals surface area contributed by atoms with Gasteiger partial charge in [-0.05, 0) is 39.5 Å². The van der Waals surface area contributed by atoms with Crippen molar-refractivity contribution in [3.8, 4) is 0 Å². The maximum Gasteiger partial charge on any atom is 0.342 e. The van der Waals surface area contributed by atoms with E-state index in [4.69, 9.17) is 0 Å². The molecule has 3 rings (SSSR count). The molecule has 0 spiro atoms. The average molecular weight is 345 g/mol. The number of amides is 2. The van der Waals surface area contributed by atoms with E-state index in [-0.39, 0.29) is 6.03 Å². The summed E-state index contributed by atoms with van der Waals surface area (Å²) < 4.78 is 8.67. The molecule has 0 N–H and O–H groups in total. The van der Waals surface area contributed by atoms with Gasteiger partial charge in [-0.2, -0.15) is 0 Å². The van der Waals surface area contributed by atoms with E-state index in [2.05, 4.69) is 22.5 Å². The predicted octanol–water partition coefficient (Wildman–Crippen LogP) is 3.60. The number of rotatable bonds is 4. The van der Waals surface area contributed by atoms with E-state index in [1.807, 2.05) is 8.61 Å². The third-order valence-electron chi connectivity index (χ3n) is 4.82. The predicted molar refractivity (Wildman–Crippen MR) is 94.0 cm³/mol. The summed E-state index contributed by atoms with van der Waals surface area (Å²) in [4.78, 5) is 12.6. The van der Waals surface area contributed by atoms with E-state index in [9.17, 15) is 4.79 Å². The van der Waals surface area contributed by atoms with Gasteiger partial charge >= 0.3 is 6.03 Å². The fourth-order valence-corrected chi connectivity index (χ4v) is 5.46. The lowest BCUT2D eigenvalue weighted by Gasteiger charge is -2.35. The zero-order valence-electron chi connectivity index (χ0n) is 13.7. The van der Waals surface area contributed by atoms with Crippen molar-refractivity contribution < 1.29 is 4.79 Å². The summed E-state index contributed by atoms with van der Waals surface area (Å²) in [5.74, 6) is 0. The highest BCUT2D eigenvalue weighted by Crippen LogP contribution is 2.34. The van der Waals surface area contributed by atoms with Gasteiger partial charge in [-0.25, -0.2) is 13.4 Å². The molecule has 5 nitrogen and oxygen atoms in total. The van der Waals surface area contributed by atoms with Crippen molar-refractivity contribution in [3.63, 3.8) is 0 Å². The highest BCUT2D eigenvalue weighted by Gasteiger charge is 2.35. The standard InChI is InChI=1S/C15H28N4OS2/c1-13-7-3-5-9-16(13)21-18-11-12-19(15(18)20)22-17-10-6-4-8-14(17)2/h13-14H,3-12H2,1-2H3. The number of urea groups is 1. The van der Waals surface area contributed by atoms with Crippen LogP contribution in [0.3, 0.4) is 0 Å². The second-order valence-corrected chi connectivity index (χ2v) is 8.77. The zero-order chi connectivity index (χ0) is 15.5. The molecule has 7 heteroatoms. The maximum absolute atomic E-state index is 12.6. The number of hydrogen-bond acceptors (Lipinski definition) is 5. The van der Waals surface area contributed by atoms with Crippen LogP contribution in [0.15, 0.2) is 0 Å². The Labute approximate surface area is 143 Å². The third kappa shape index (κ3) is 3.86. The molecule has 0 bridgehead atoms. The van der Waals surface area contributed by atoms with E-state index in [1.54, 1.807) is 24.3 Å². The maximum atomic E-state index is 12.6. The first-order valence-electron chi connectivity index (χ1n) is 8.63. The normalized spacial score (nSPS) is 32.0. The molecule has 2 amide bonds. The van der Waals surface area contributed by atoms with E-state index < -0.39 is 0 Å². The Morgan fingerprint density at radius 3 is 1.64 bits per heavy atom. The quantitative estimate of drug-likeness (QED) is 0.727. The molecule has 0 aromatic carbocycles. The summed E-state index contributed by atoms with van der Waals surface area (Å²) in [6.45, 7) is 8.42. The van der Waals surface area contributed by atoms with Crippen LogP contribution in [-0.2, 0) is 0 Å². The van der Waals surface area contributed by atoms with E-state index in [0.717, 1.165) is 26.2 Å². The fraction of sp³-hybridized carbons (Fsp3) is 0.933. The molecule has 0 radical (unpaired) electrons. The van der Waals surface area contributed by atoms with Gasteiger partial charge in [0.25, 0.3) is 0 Å². The molecule has 3 fully saturated rings. The Kier molecular flexibility index (Phi) is 5.81. The smallest absolute Gasteiger partial charge is 0.252 e. The lowest BCUT2D eigenvalue weighted by atomic mass is 10.1. The van der Waals surface area contributed by atoms with Gasteiger partial charge in [0.1, 0.15) is 0 Å². The molecule has 2 atom stereocenters. The van der Waals surface area contributed by atoms with Crippen molar-refractivity contribution in [2.24, 2.45) is 0 Å². The molecule has 0 saturated carbocycles. The molecular formula is C15H28N4OS2. The van der Waals surface area contributed by atoms with Gasteiger partial charge in [-0.1, -0.05) is 12.8 Å². The van der Waals surface area contributed by atoms with Crippen molar-refractivity contribution >= 4 is 30.3 Å². The van der Waals surface area contributed by atoms with Crippen molar-refractivity contribution in [3.05, 3.63) is 0 Å². The number of carbonyl (C=O) groups excluding carboxylic acids is 1. The molecule has 3 heterocycles.